The zero-order valence-electron chi connectivity index (χ0n) is 13.4. The molecular formula is C16H25ClN4O2. The van der Waals surface area contributed by atoms with Crippen molar-refractivity contribution in [1.82, 2.24) is 15.5 Å². The highest BCUT2D eigenvalue weighted by molar-refractivity contribution is 5.89. The highest BCUT2D eigenvalue weighted by Crippen LogP contribution is 2.14. The lowest BCUT2D eigenvalue weighted by molar-refractivity contribution is -0.121. The van der Waals surface area contributed by atoms with E-state index in [2.05, 4.69) is 16.0 Å². The van der Waals surface area contributed by atoms with Crippen LogP contribution in [0.25, 0.3) is 0 Å². The summed E-state index contributed by atoms with van der Waals surface area (Å²) in [4.78, 5) is 25.5. The summed E-state index contributed by atoms with van der Waals surface area (Å²) in [5, 5.41) is 8.72. The number of halogens is 1. The summed E-state index contributed by atoms with van der Waals surface area (Å²) < 4.78 is 0. The number of hydrogen-bond donors (Lipinski definition) is 3. The molecule has 6 nitrogen and oxygen atoms in total. The van der Waals surface area contributed by atoms with Crippen LogP contribution in [0.1, 0.15) is 24.8 Å². The maximum Gasteiger partial charge on any atom is 0.321 e. The van der Waals surface area contributed by atoms with Gasteiger partial charge < -0.3 is 20.9 Å². The SMILES string of the molecule is CNCCC(=O)NCc1cccc(NC(=O)N2CCCC2)c1.Cl. The first kappa shape index (κ1) is 19.3. The minimum Gasteiger partial charge on any atom is -0.352 e. The van der Waals surface area contributed by atoms with Gasteiger partial charge >= 0.3 is 6.03 Å². The third-order valence-electron chi connectivity index (χ3n) is 3.66. The quantitative estimate of drug-likeness (QED) is 0.741. The maximum atomic E-state index is 12.0. The number of nitrogens with one attached hydrogen (secondary N) is 3. The molecule has 1 aliphatic rings. The van der Waals surface area contributed by atoms with Crippen LogP contribution in [0.4, 0.5) is 10.5 Å². The van der Waals surface area contributed by atoms with Gasteiger partial charge in [-0.1, -0.05) is 12.1 Å². The molecule has 0 aromatic heterocycles. The summed E-state index contributed by atoms with van der Waals surface area (Å²) in [5.41, 5.74) is 1.73. The van der Waals surface area contributed by atoms with E-state index in [4.69, 9.17) is 0 Å². The Hall–Kier alpha value is -1.79. The molecule has 1 aromatic rings. The van der Waals surface area contributed by atoms with Crippen molar-refractivity contribution in [2.24, 2.45) is 0 Å². The van der Waals surface area contributed by atoms with E-state index in [1.807, 2.05) is 36.2 Å². The second-order valence-electron chi connectivity index (χ2n) is 5.45. The first-order valence-electron chi connectivity index (χ1n) is 7.75. The summed E-state index contributed by atoms with van der Waals surface area (Å²) in [6.45, 7) is 2.79. The minimum atomic E-state index is -0.0484. The van der Waals surface area contributed by atoms with Crippen molar-refractivity contribution < 1.29 is 9.59 Å². The molecular weight excluding hydrogens is 316 g/mol. The molecule has 1 saturated heterocycles. The van der Waals surface area contributed by atoms with Crippen LogP contribution in [-0.2, 0) is 11.3 Å². The highest BCUT2D eigenvalue weighted by atomic mass is 35.5. The number of carbonyl (C=O) groups excluding carboxylic acids is 2. The first-order chi connectivity index (χ1) is 10.7. The van der Waals surface area contributed by atoms with Gasteiger partial charge in [0.05, 0.1) is 0 Å². The molecule has 2 rings (SSSR count). The predicted molar refractivity (Wildman–Crippen MR) is 93.9 cm³/mol. The van der Waals surface area contributed by atoms with Gasteiger partial charge in [-0.05, 0) is 37.6 Å². The molecule has 7 heteroatoms. The Kier molecular flexibility index (Phi) is 8.43. The van der Waals surface area contributed by atoms with Crippen LogP contribution in [0.15, 0.2) is 24.3 Å². The second kappa shape index (κ2) is 10.1. The summed E-state index contributed by atoms with van der Waals surface area (Å²) in [7, 11) is 1.82. The molecule has 0 atom stereocenters. The Bertz CT molecular complexity index is 519. The van der Waals surface area contributed by atoms with Crippen molar-refractivity contribution in [3.05, 3.63) is 29.8 Å². The molecule has 3 N–H and O–H groups in total. The van der Waals surface area contributed by atoms with Gasteiger partial charge in [-0.15, -0.1) is 12.4 Å². The Labute approximate surface area is 143 Å². The molecule has 0 spiro atoms. The van der Waals surface area contributed by atoms with Crippen molar-refractivity contribution in [2.45, 2.75) is 25.8 Å². The average Bonchev–Trinajstić information content (AvgIpc) is 3.06. The lowest BCUT2D eigenvalue weighted by Gasteiger charge is -2.16. The number of benzene rings is 1. The highest BCUT2D eigenvalue weighted by Gasteiger charge is 2.17. The smallest absolute Gasteiger partial charge is 0.321 e. The van der Waals surface area contributed by atoms with E-state index in [-0.39, 0.29) is 24.3 Å². The van der Waals surface area contributed by atoms with Crippen LogP contribution in [0.2, 0.25) is 0 Å². The Morgan fingerprint density at radius 2 is 1.96 bits per heavy atom. The molecule has 0 bridgehead atoms. The van der Waals surface area contributed by atoms with Crippen LogP contribution < -0.4 is 16.0 Å². The number of nitrogens with zero attached hydrogens (tertiary/aromatic N) is 1. The molecule has 1 aromatic carbocycles. The third kappa shape index (κ3) is 6.46. The topological polar surface area (TPSA) is 73.5 Å². The van der Waals surface area contributed by atoms with Gasteiger partial charge in [0.25, 0.3) is 0 Å². The van der Waals surface area contributed by atoms with E-state index in [0.717, 1.165) is 37.2 Å². The number of hydrogen-bond acceptors (Lipinski definition) is 3. The van der Waals surface area contributed by atoms with E-state index >= 15 is 0 Å². The van der Waals surface area contributed by atoms with Gasteiger partial charge in [0.2, 0.25) is 5.91 Å². The minimum absolute atomic E-state index is 0. The molecule has 3 amide bonds. The van der Waals surface area contributed by atoms with Crippen LogP contribution >= 0.6 is 12.4 Å². The van der Waals surface area contributed by atoms with Gasteiger partial charge in [0.15, 0.2) is 0 Å². The Morgan fingerprint density at radius 1 is 1.22 bits per heavy atom. The van der Waals surface area contributed by atoms with Crippen molar-refractivity contribution in [2.75, 3.05) is 32.0 Å². The van der Waals surface area contributed by atoms with E-state index in [0.29, 0.717) is 19.5 Å². The van der Waals surface area contributed by atoms with E-state index < -0.39 is 0 Å². The predicted octanol–water partition coefficient (Wildman–Crippen LogP) is 1.96. The molecule has 1 fully saturated rings. The van der Waals surface area contributed by atoms with E-state index in [1.54, 1.807) is 0 Å². The van der Waals surface area contributed by atoms with Gasteiger partial charge in [-0.25, -0.2) is 4.79 Å². The Morgan fingerprint density at radius 3 is 2.65 bits per heavy atom. The lowest BCUT2D eigenvalue weighted by Crippen LogP contribution is -2.32. The fourth-order valence-electron chi connectivity index (χ4n) is 2.41. The number of anilines is 1. The molecule has 128 valence electrons. The van der Waals surface area contributed by atoms with Crippen molar-refractivity contribution in [1.29, 1.82) is 0 Å². The van der Waals surface area contributed by atoms with Crippen LogP contribution in [0.3, 0.4) is 0 Å². The van der Waals surface area contributed by atoms with Crippen LogP contribution in [-0.4, -0.2) is 43.5 Å². The zero-order valence-corrected chi connectivity index (χ0v) is 14.2. The monoisotopic (exact) mass is 340 g/mol. The fraction of sp³-hybridized carbons (Fsp3) is 0.500. The number of likely N-dealkylation sites (tertiary alicyclic amines) is 1. The maximum absolute atomic E-state index is 12.0. The van der Waals surface area contributed by atoms with Crippen LogP contribution in [0.5, 0.6) is 0 Å². The summed E-state index contributed by atoms with van der Waals surface area (Å²) in [6, 6.07) is 7.53. The van der Waals surface area contributed by atoms with Crippen molar-refractivity contribution in [3.63, 3.8) is 0 Å². The third-order valence-corrected chi connectivity index (χ3v) is 3.66. The van der Waals surface area contributed by atoms with Gasteiger partial charge in [-0.3, -0.25) is 4.79 Å². The molecule has 23 heavy (non-hydrogen) atoms. The second-order valence-corrected chi connectivity index (χ2v) is 5.45. The number of urea groups is 1. The Balaban J connectivity index is 0.00000264. The molecule has 1 heterocycles. The van der Waals surface area contributed by atoms with Crippen molar-refractivity contribution >= 4 is 30.0 Å². The van der Waals surface area contributed by atoms with E-state index in [9.17, 15) is 9.59 Å². The number of carbonyl (C=O) groups is 2. The first-order valence-corrected chi connectivity index (χ1v) is 7.75. The molecule has 0 saturated carbocycles. The van der Waals surface area contributed by atoms with Gasteiger partial charge in [0, 0.05) is 38.3 Å². The van der Waals surface area contributed by atoms with Gasteiger partial charge in [-0.2, -0.15) is 0 Å². The zero-order chi connectivity index (χ0) is 15.8. The summed E-state index contributed by atoms with van der Waals surface area (Å²) in [6.07, 6.45) is 2.61. The van der Waals surface area contributed by atoms with Gasteiger partial charge in [0.1, 0.15) is 0 Å². The largest absolute Gasteiger partial charge is 0.352 e. The molecule has 0 radical (unpaired) electrons. The van der Waals surface area contributed by atoms with Crippen LogP contribution in [0, 0.1) is 0 Å². The van der Waals surface area contributed by atoms with E-state index in [1.165, 1.54) is 0 Å². The molecule has 0 unspecified atom stereocenters. The summed E-state index contributed by atoms with van der Waals surface area (Å²) in [5.74, 6) is 0.0147. The standard InChI is InChI=1S/C16H24N4O2.ClH/c1-17-8-7-15(21)18-12-13-5-4-6-14(11-13)19-16(22)20-9-2-3-10-20;/h4-6,11,17H,2-3,7-10,12H2,1H3,(H,18,21)(H,19,22);1H. The number of amides is 3. The fourth-order valence-corrected chi connectivity index (χ4v) is 2.41. The molecule has 1 aliphatic heterocycles. The van der Waals surface area contributed by atoms with Crippen molar-refractivity contribution in [3.8, 4) is 0 Å². The summed E-state index contributed by atoms with van der Waals surface area (Å²) >= 11 is 0. The lowest BCUT2D eigenvalue weighted by atomic mass is 10.2. The molecule has 0 aliphatic carbocycles. The normalized spacial score (nSPS) is 13.3. The number of rotatable bonds is 6. The average molecular weight is 341 g/mol.